The lowest BCUT2D eigenvalue weighted by atomic mass is 10.0. The minimum Gasteiger partial charge on any atom is -0.450 e. The molecule has 2 aliphatic heterocycles. The Kier molecular flexibility index (Phi) is 6.71. The van der Waals surface area contributed by atoms with E-state index in [1.165, 1.54) is 24.3 Å². The van der Waals surface area contributed by atoms with Gasteiger partial charge in [0.2, 0.25) is 0 Å². The number of carbonyl (C=O) groups excluding carboxylic acids is 2. The van der Waals surface area contributed by atoms with Gasteiger partial charge in [0, 0.05) is 24.7 Å². The average Bonchev–Trinajstić information content (AvgIpc) is 3.09. The summed E-state index contributed by atoms with van der Waals surface area (Å²) in [6, 6.07) is 5.46. The van der Waals surface area contributed by atoms with Crippen LogP contribution in [0, 0.1) is 0 Å². The quantitative estimate of drug-likeness (QED) is 0.697. The number of piperidine rings is 1. The summed E-state index contributed by atoms with van der Waals surface area (Å²) in [7, 11) is -7.07. The Hall–Kier alpha value is -2.14. The van der Waals surface area contributed by atoms with Crippen molar-refractivity contribution < 1.29 is 31.2 Å². The van der Waals surface area contributed by atoms with E-state index in [0.717, 1.165) is 0 Å². The summed E-state index contributed by atoms with van der Waals surface area (Å²) in [6.07, 6.45) is 0.951. The normalized spacial score (nSPS) is 21.9. The smallest absolute Gasteiger partial charge is 0.409 e. The van der Waals surface area contributed by atoms with Crippen LogP contribution in [0.2, 0.25) is 0 Å². The Bertz CT molecular complexity index is 996. The van der Waals surface area contributed by atoms with Crippen LogP contribution >= 0.6 is 0 Å². The lowest BCUT2D eigenvalue weighted by molar-refractivity contribution is 0.0860. The Morgan fingerprint density at radius 1 is 1.13 bits per heavy atom. The van der Waals surface area contributed by atoms with Gasteiger partial charge in [0.15, 0.2) is 19.7 Å². The molecule has 2 aliphatic rings. The highest BCUT2D eigenvalue weighted by molar-refractivity contribution is 7.96. The fourth-order valence-corrected chi connectivity index (χ4v) is 8.04. The maximum Gasteiger partial charge on any atom is 0.409 e. The molecule has 0 aliphatic carbocycles. The van der Waals surface area contributed by atoms with Crippen molar-refractivity contribution in [2.24, 2.45) is 0 Å². The number of sulfone groups is 2. The van der Waals surface area contributed by atoms with Crippen LogP contribution in [-0.2, 0) is 24.4 Å². The summed E-state index contributed by atoms with van der Waals surface area (Å²) in [4.78, 5) is 25.8. The Balaban J connectivity index is 1.58. The zero-order chi connectivity index (χ0) is 21.9. The average molecular weight is 459 g/mol. The van der Waals surface area contributed by atoms with Gasteiger partial charge in [0.25, 0.3) is 5.91 Å². The van der Waals surface area contributed by atoms with E-state index in [4.69, 9.17) is 4.74 Å². The van der Waals surface area contributed by atoms with Crippen LogP contribution in [0.5, 0.6) is 0 Å². The molecular formula is C19H26N2O7S2. The first-order chi connectivity index (χ1) is 14.1. The van der Waals surface area contributed by atoms with Crippen molar-refractivity contribution >= 4 is 31.7 Å². The van der Waals surface area contributed by atoms with Gasteiger partial charge < -0.3 is 15.0 Å². The lowest BCUT2D eigenvalue weighted by Crippen LogP contribution is -2.46. The first-order valence-corrected chi connectivity index (χ1v) is 13.3. The molecule has 0 saturated carbocycles. The van der Waals surface area contributed by atoms with Crippen molar-refractivity contribution in [2.75, 3.05) is 31.2 Å². The number of hydrogen-bond donors (Lipinski definition) is 1. The molecule has 3 rings (SSSR count). The monoisotopic (exact) mass is 458 g/mol. The van der Waals surface area contributed by atoms with E-state index in [-0.39, 0.29) is 40.9 Å². The summed E-state index contributed by atoms with van der Waals surface area (Å²) in [5, 5.41) is 1.97. The molecule has 2 heterocycles. The topological polar surface area (TPSA) is 127 Å². The second-order valence-corrected chi connectivity index (χ2v) is 12.0. The van der Waals surface area contributed by atoms with Gasteiger partial charge in [-0.05, 0) is 50.5 Å². The number of carbonyl (C=O) groups is 2. The molecule has 30 heavy (non-hydrogen) atoms. The summed E-state index contributed by atoms with van der Waals surface area (Å²) >= 11 is 0. The summed E-state index contributed by atoms with van der Waals surface area (Å²) in [5.74, 6) is -0.800. The van der Waals surface area contributed by atoms with Crippen LogP contribution in [0.4, 0.5) is 4.79 Å². The maximum absolute atomic E-state index is 12.6. The van der Waals surface area contributed by atoms with Crippen molar-refractivity contribution in [2.45, 2.75) is 42.4 Å². The van der Waals surface area contributed by atoms with Crippen LogP contribution in [0.1, 0.15) is 36.5 Å². The molecule has 1 aromatic rings. The SMILES string of the molecule is CCOC(=O)N1CCC(NC(=O)c2ccc(S(=O)(=O)C3CCS(=O)(=O)C3)cc2)CC1. The highest BCUT2D eigenvalue weighted by Gasteiger charge is 2.38. The van der Waals surface area contributed by atoms with Crippen LogP contribution in [0.25, 0.3) is 0 Å². The lowest BCUT2D eigenvalue weighted by Gasteiger charge is -2.31. The number of ether oxygens (including phenoxy) is 1. The number of amides is 2. The molecule has 2 fully saturated rings. The van der Waals surface area contributed by atoms with Crippen molar-refractivity contribution in [3.05, 3.63) is 29.8 Å². The molecule has 1 atom stereocenters. The van der Waals surface area contributed by atoms with Gasteiger partial charge in [-0.3, -0.25) is 4.79 Å². The fraction of sp³-hybridized carbons (Fsp3) is 0.579. The zero-order valence-electron chi connectivity index (χ0n) is 16.7. The number of likely N-dealkylation sites (tertiary alicyclic amines) is 1. The number of nitrogens with one attached hydrogen (secondary N) is 1. The van der Waals surface area contributed by atoms with Crippen LogP contribution < -0.4 is 5.32 Å². The first kappa shape index (κ1) is 22.5. The van der Waals surface area contributed by atoms with E-state index < -0.39 is 24.9 Å². The molecule has 1 N–H and O–H groups in total. The van der Waals surface area contributed by atoms with E-state index in [1.54, 1.807) is 11.8 Å². The highest BCUT2D eigenvalue weighted by Crippen LogP contribution is 2.25. The standard InChI is InChI=1S/C19H26N2O7S2/c1-2-28-19(23)21-10-7-15(8-11-21)20-18(22)14-3-5-16(6-4-14)30(26,27)17-9-12-29(24,25)13-17/h3-6,15,17H,2,7-13H2,1H3,(H,20,22). The third-order valence-corrected chi connectivity index (χ3v) is 9.62. The summed E-state index contributed by atoms with van der Waals surface area (Å²) in [5.41, 5.74) is 0.320. The largest absolute Gasteiger partial charge is 0.450 e. The predicted octanol–water partition coefficient (Wildman–Crippen LogP) is 0.998. The van der Waals surface area contributed by atoms with E-state index in [1.807, 2.05) is 0 Å². The molecule has 166 valence electrons. The number of rotatable bonds is 5. The molecule has 1 unspecified atom stereocenters. The van der Waals surface area contributed by atoms with E-state index >= 15 is 0 Å². The second-order valence-electron chi connectivity index (χ2n) is 7.53. The molecule has 1 aromatic carbocycles. The van der Waals surface area contributed by atoms with Gasteiger partial charge in [-0.2, -0.15) is 0 Å². The molecule has 9 nitrogen and oxygen atoms in total. The fourth-order valence-electron chi connectivity index (χ4n) is 3.68. The molecule has 0 radical (unpaired) electrons. The van der Waals surface area contributed by atoms with E-state index in [0.29, 0.717) is 38.1 Å². The molecule has 0 spiro atoms. The van der Waals surface area contributed by atoms with Crippen molar-refractivity contribution in [3.8, 4) is 0 Å². The minimum absolute atomic E-state index is 0.0175. The molecule has 2 amide bonds. The van der Waals surface area contributed by atoms with Crippen molar-refractivity contribution in [1.29, 1.82) is 0 Å². The molecule has 11 heteroatoms. The number of nitrogens with zero attached hydrogens (tertiary/aromatic N) is 1. The molecule has 2 saturated heterocycles. The maximum atomic E-state index is 12.6. The van der Waals surface area contributed by atoms with Gasteiger partial charge in [-0.25, -0.2) is 21.6 Å². The Morgan fingerprint density at radius 2 is 1.77 bits per heavy atom. The molecule has 0 aromatic heterocycles. The van der Waals surface area contributed by atoms with E-state index in [2.05, 4.69) is 5.32 Å². The zero-order valence-corrected chi connectivity index (χ0v) is 18.4. The summed E-state index contributed by atoms with van der Waals surface area (Å²) < 4.78 is 53.5. The van der Waals surface area contributed by atoms with Crippen molar-refractivity contribution in [3.63, 3.8) is 0 Å². The van der Waals surface area contributed by atoms with Gasteiger partial charge >= 0.3 is 6.09 Å². The van der Waals surface area contributed by atoms with Gasteiger partial charge in [0.1, 0.15) is 0 Å². The van der Waals surface area contributed by atoms with Gasteiger partial charge in [0.05, 0.1) is 28.3 Å². The second kappa shape index (κ2) is 8.93. The van der Waals surface area contributed by atoms with E-state index in [9.17, 15) is 26.4 Å². The minimum atomic E-state index is -3.76. The first-order valence-electron chi connectivity index (χ1n) is 9.89. The third-order valence-electron chi connectivity index (χ3n) is 5.43. The molecule has 0 bridgehead atoms. The van der Waals surface area contributed by atoms with Crippen LogP contribution in [0.3, 0.4) is 0 Å². The van der Waals surface area contributed by atoms with Gasteiger partial charge in [-0.1, -0.05) is 0 Å². The van der Waals surface area contributed by atoms with Gasteiger partial charge in [-0.15, -0.1) is 0 Å². The number of hydrogen-bond acceptors (Lipinski definition) is 7. The Morgan fingerprint density at radius 3 is 2.30 bits per heavy atom. The summed E-state index contributed by atoms with van der Waals surface area (Å²) in [6.45, 7) is 3.05. The van der Waals surface area contributed by atoms with Crippen LogP contribution in [0.15, 0.2) is 29.2 Å². The Labute approximate surface area is 176 Å². The van der Waals surface area contributed by atoms with Crippen molar-refractivity contribution in [1.82, 2.24) is 10.2 Å². The van der Waals surface area contributed by atoms with Crippen LogP contribution in [-0.4, -0.2) is 76.2 Å². The predicted molar refractivity (Wildman–Crippen MR) is 110 cm³/mol. The third kappa shape index (κ3) is 5.12. The number of benzene rings is 1. The molecular weight excluding hydrogens is 432 g/mol. The highest BCUT2D eigenvalue weighted by atomic mass is 32.2.